The van der Waals surface area contributed by atoms with Gasteiger partial charge < -0.3 is 15.0 Å². The quantitative estimate of drug-likeness (QED) is 0.778. The fourth-order valence-corrected chi connectivity index (χ4v) is 2.59. The highest BCUT2D eigenvalue weighted by atomic mass is 16.5. The molecule has 0 radical (unpaired) electrons. The molecule has 2 saturated heterocycles. The predicted octanol–water partition coefficient (Wildman–Crippen LogP) is 0.150. The van der Waals surface area contributed by atoms with Gasteiger partial charge in [0.2, 0.25) is 11.8 Å². The van der Waals surface area contributed by atoms with Gasteiger partial charge in [0.1, 0.15) is 0 Å². The summed E-state index contributed by atoms with van der Waals surface area (Å²) in [7, 11) is 0. The summed E-state index contributed by atoms with van der Waals surface area (Å²) in [5.74, 6) is 0.819. The molecule has 3 fully saturated rings. The van der Waals surface area contributed by atoms with E-state index in [1.165, 1.54) is 0 Å². The van der Waals surface area contributed by atoms with Crippen molar-refractivity contribution in [3.63, 3.8) is 0 Å². The first-order valence-electron chi connectivity index (χ1n) is 6.91. The van der Waals surface area contributed by atoms with Crippen molar-refractivity contribution in [1.82, 2.24) is 10.2 Å². The Balaban J connectivity index is 1.43. The first kappa shape index (κ1) is 12.0. The highest BCUT2D eigenvalue weighted by molar-refractivity contribution is 5.82. The van der Waals surface area contributed by atoms with Crippen LogP contribution in [-0.4, -0.2) is 49.1 Å². The van der Waals surface area contributed by atoms with Crippen LogP contribution in [0.3, 0.4) is 0 Å². The Bertz CT molecular complexity index is 342. The lowest BCUT2D eigenvalue weighted by atomic mass is 9.95. The van der Waals surface area contributed by atoms with Gasteiger partial charge in [-0.3, -0.25) is 9.59 Å². The molecule has 1 N–H and O–H groups in total. The number of hydrogen-bond donors (Lipinski definition) is 1. The largest absolute Gasteiger partial charge is 0.377 e. The first-order chi connectivity index (χ1) is 8.74. The number of ether oxygens (including phenoxy) is 1. The Labute approximate surface area is 107 Å². The van der Waals surface area contributed by atoms with E-state index in [1.807, 2.05) is 4.90 Å². The van der Waals surface area contributed by atoms with Crippen molar-refractivity contribution >= 4 is 11.8 Å². The summed E-state index contributed by atoms with van der Waals surface area (Å²) in [6.07, 6.45) is 3.72. The summed E-state index contributed by atoms with van der Waals surface area (Å²) >= 11 is 0. The van der Waals surface area contributed by atoms with Gasteiger partial charge in [0.15, 0.2) is 0 Å². The monoisotopic (exact) mass is 252 g/mol. The maximum atomic E-state index is 12.0. The molecule has 0 unspecified atom stereocenters. The van der Waals surface area contributed by atoms with E-state index >= 15 is 0 Å². The highest BCUT2D eigenvalue weighted by Crippen LogP contribution is 2.32. The van der Waals surface area contributed by atoms with Gasteiger partial charge >= 0.3 is 0 Å². The van der Waals surface area contributed by atoms with Crippen molar-refractivity contribution in [2.24, 2.45) is 11.8 Å². The van der Waals surface area contributed by atoms with Crippen LogP contribution < -0.4 is 5.32 Å². The van der Waals surface area contributed by atoms with Crippen molar-refractivity contribution < 1.29 is 14.3 Å². The Morgan fingerprint density at radius 1 is 1.00 bits per heavy atom. The number of nitrogens with zero attached hydrogens (tertiary/aromatic N) is 1. The van der Waals surface area contributed by atoms with Crippen molar-refractivity contribution in [3.8, 4) is 0 Å². The maximum absolute atomic E-state index is 12.0. The average molecular weight is 252 g/mol. The zero-order valence-electron chi connectivity index (χ0n) is 10.6. The van der Waals surface area contributed by atoms with E-state index in [2.05, 4.69) is 5.32 Å². The van der Waals surface area contributed by atoms with Crippen LogP contribution in [-0.2, 0) is 14.3 Å². The number of hydrogen-bond acceptors (Lipinski definition) is 3. The second kappa shape index (κ2) is 4.88. The topological polar surface area (TPSA) is 58.6 Å². The molecule has 100 valence electrons. The van der Waals surface area contributed by atoms with Gasteiger partial charge in [0.05, 0.1) is 19.3 Å². The Hall–Kier alpha value is -1.10. The molecule has 0 spiro atoms. The molecule has 1 aliphatic carbocycles. The third-order valence-electron chi connectivity index (χ3n) is 4.09. The number of piperidine rings is 1. The highest BCUT2D eigenvalue weighted by Gasteiger charge is 2.36. The number of likely N-dealkylation sites (tertiary alicyclic amines) is 1. The summed E-state index contributed by atoms with van der Waals surface area (Å²) in [6, 6.07) is 0.212. The summed E-state index contributed by atoms with van der Waals surface area (Å²) < 4.78 is 5.04. The first-order valence-corrected chi connectivity index (χ1v) is 6.91. The van der Waals surface area contributed by atoms with Crippen LogP contribution in [0.2, 0.25) is 0 Å². The van der Waals surface area contributed by atoms with Crippen LogP contribution in [0.5, 0.6) is 0 Å². The van der Waals surface area contributed by atoms with Crippen LogP contribution >= 0.6 is 0 Å². The summed E-state index contributed by atoms with van der Waals surface area (Å²) in [6.45, 7) is 2.78. The van der Waals surface area contributed by atoms with Crippen LogP contribution in [0.25, 0.3) is 0 Å². The second-order valence-electron chi connectivity index (χ2n) is 5.62. The molecule has 2 amide bonds. The molecule has 2 aliphatic heterocycles. The van der Waals surface area contributed by atoms with E-state index in [4.69, 9.17) is 4.74 Å². The number of rotatable bonds is 3. The average Bonchev–Trinajstić information content (AvgIpc) is 3.17. The molecule has 0 bridgehead atoms. The predicted molar refractivity (Wildman–Crippen MR) is 64.8 cm³/mol. The third-order valence-corrected chi connectivity index (χ3v) is 4.09. The molecule has 5 heteroatoms. The molecule has 3 rings (SSSR count). The normalized spacial score (nSPS) is 25.7. The molecular formula is C13H20N2O3. The zero-order chi connectivity index (χ0) is 12.5. The molecule has 18 heavy (non-hydrogen) atoms. The number of carbonyl (C=O) groups is 2. The van der Waals surface area contributed by atoms with Crippen molar-refractivity contribution in [3.05, 3.63) is 0 Å². The Morgan fingerprint density at radius 3 is 2.17 bits per heavy atom. The van der Waals surface area contributed by atoms with Crippen LogP contribution in [0.1, 0.15) is 25.7 Å². The lowest BCUT2D eigenvalue weighted by Gasteiger charge is -2.33. The van der Waals surface area contributed by atoms with Gasteiger partial charge in [-0.05, 0) is 25.7 Å². The molecular weight excluding hydrogens is 232 g/mol. The number of amides is 2. The second-order valence-corrected chi connectivity index (χ2v) is 5.62. The molecule has 3 aliphatic rings. The van der Waals surface area contributed by atoms with Crippen molar-refractivity contribution in [2.75, 3.05) is 26.3 Å². The van der Waals surface area contributed by atoms with Crippen molar-refractivity contribution in [1.29, 1.82) is 0 Å². The standard InChI is InChI=1S/C13H20N2O3/c16-12(14-11-7-18-8-11)9-3-5-15(6-4-9)13(17)10-1-2-10/h9-11H,1-8H2,(H,14,16). The summed E-state index contributed by atoms with van der Waals surface area (Å²) in [5.41, 5.74) is 0. The van der Waals surface area contributed by atoms with Crippen molar-refractivity contribution in [2.45, 2.75) is 31.7 Å². The van der Waals surface area contributed by atoms with Crippen LogP contribution in [0, 0.1) is 11.8 Å². The molecule has 0 aromatic heterocycles. The smallest absolute Gasteiger partial charge is 0.225 e. The minimum absolute atomic E-state index is 0.0776. The molecule has 0 aromatic rings. The van der Waals surface area contributed by atoms with Gasteiger partial charge in [0.25, 0.3) is 0 Å². The minimum Gasteiger partial charge on any atom is -0.377 e. The molecule has 0 atom stereocenters. The van der Waals surface area contributed by atoms with E-state index in [0.717, 1.165) is 38.8 Å². The third kappa shape index (κ3) is 2.51. The van der Waals surface area contributed by atoms with E-state index in [1.54, 1.807) is 0 Å². The van der Waals surface area contributed by atoms with Crippen LogP contribution in [0.15, 0.2) is 0 Å². The lowest BCUT2D eigenvalue weighted by molar-refractivity contribution is -0.137. The summed E-state index contributed by atoms with van der Waals surface area (Å²) in [5, 5.41) is 3.00. The Morgan fingerprint density at radius 2 is 1.67 bits per heavy atom. The molecule has 1 saturated carbocycles. The van der Waals surface area contributed by atoms with E-state index in [-0.39, 0.29) is 17.9 Å². The van der Waals surface area contributed by atoms with Gasteiger partial charge in [-0.2, -0.15) is 0 Å². The van der Waals surface area contributed by atoms with E-state index in [0.29, 0.717) is 25.0 Å². The van der Waals surface area contributed by atoms with E-state index < -0.39 is 0 Å². The fourth-order valence-electron chi connectivity index (χ4n) is 2.59. The van der Waals surface area contributed by atoms with Gasteiger partial charge in [0, 0.05) is 24.9 Å². The lowest BCUT2D eigenvalue weighted by Crippen LogP contribution is -2.52. The van der Waals surface area contributed by atoms with Gasteiger partial charge in [-0.15, -0.1) is 0 Å². The SMILES string of the molecule is O=C(NC1COC1)C1CCN(C(=O)C2CC2)CC1. The molecule has 0 aromatic carbocycles. The van der Waals surface area contributed by atoms with Gasteiger partial charge in [-0.1, -0.05) is 0 Å². The minimum atomic E-state index is 0.0776. The number of carbonyl (C=O) groups excluding carboxylic acids is 2. The zero-order valence-corrected chi connectivity index (χ0v) is 10.6. The fraction of sp³-hybridized carbons (Fsp3) is 0.846. The van der Waals surface area contributed by atoms with Crippen LogP contribution in [0.4, 0.5) is 0 Å². The number of nitrogens with one attached hydrogen (secondary N) is 1. The molecule has 2 heterocycles. The van der Waals surface area contributed by atoms with Gasteiger partial charge in [-0.25, -0.2) is 0 Å². The molecule has 5 nitrogen and oxygen atoms in total. The van der Waals surface area contributed by atoms with E-state index in [9.17, 15) is 9.59 Å². The maximum Gasteiger partial charge on any atom is 0.225 e. The summed E-state index contributed by atoms with van der Waals surface area (Å²) in [4.78, 5) is 25.8. The Kier molecular flexibility index (Phi) is 3.24.